The highest BCUT2D eigenvalue weighted by Gasteiger charge is 1.84. The quantitative estimate of drug-likeness (QED) is 0.447. The monoisotopic (exact) mass is 145 g/mol. The Balaban J connectivity index is 3.27. The number of aliphatic hydroxyl groups is 1. The lowest BCUT2D eigenvalue weighted by molar-refractivity contribution is 0.301. The second-order valence-electron chi connectivity index (χ2n) is 1.51. The van der Waals surface area contributed by atoms with Gasteiger partial charge in [0.15, 0.2) is 0 Å². The molecule has 0 fully saturated rings. The third-order valence-electron chi connectivity index (χ3n) is 0.729. The highest BCUT2D eigenvalue weighted by atomic mass is 32.1. The second-order valence-corrected chi connectivity index (χ2v) is 1.95. The molecule has 0 unspecified atom stereocenters. The summed E-state index contributed by atoms with van der Waals surface area (Å²) in [5.74, 6) is 0. The molecular weight excluding hydrogens is 134 g/mol. The molecule has 0 atom stereocenters. The Hall–Kier alpha value is -0.410. The van der Waals surface area contributed by atoms with Crippen LogP contribution in [-0.4, -0.2) is 23.2 Å². The first-order valence-electron chi connectivity index (χ1n) is 2.82. The van der Waals surface area contributed by atoms with Crippen molar-refractivity contribution in [3.8, 4) is 0 Å². The van der Waals surface area contributed by atoms with Crippen molar-refractivity contribution in [2.75, 3.05) is 13.2 Å². The molecular formula is C6H11NOS. The van der Waals surface area contributed by atoms with Crippen molar-refractivity contribution >= 4 is 17.2 Å². The normalized spacial score (nSPS) is 10.0. The Morgan fingerprint density at radius 2 is 2.44 bits per heavy atom. The zero-order valence-corrected chi connectivity index (χ0v) is 6.24. The van der Waals surface area contributed by atoms with Crippen LogP contribution >= 0.6 is 12.2 Å². The standard InChI is InChI=1S/C6H11NOS/c1-2-3-6(9)7-4-5-8/h2-3,8H,4-5H2,1H3,(H,7,9)/b3-2-. The van der Waals surface area contributed by atoms with Crippen LogP contribution in [0.4, 0.5) is 0 Å². The Morgan fingerprint density at radius 3 is 2.89 bits per heavy atom. The smallest absolute Gasteiger partial charge is 0.0985 e. The van der Waals surface area contributed by atoms with E-state index in [1.54, 1.807) is 6.08 Å². The molecule has 0 aliphatic rings. The number of allylic oxidation sites excluding steroid dienone is 1. The third-order valence-corrected chi connectivity index (χ3v) is 1.01. The lowest BCUT2D eigenvalue weighted by Gasteiger charge is -1.98. The Labute approximate surface area is 60.6 Å². The van der Waals surface area contributed by atoms with Crippen LogP contribution in [0.5, 0.6) is 0 Å². The molecule has 0 aromatic heterocycles. The molecule has 0 spiro atoms. The molecule has 9 heavy (non-hydrogen) atoms. The fourth-order valence-electron chi connectivity index (χ4n) is 0.389. The molecule has 0 rings (SSSR count). The summed E-state index contributed by atoms with van der Waals surface area (Å²) in [6, 6.07) is 0. The number of thiocarbonyl (C=S) groups is 1. The van der Waals surface area contributed by atoms with Crippen LogP contribution in [0.25, 0.3) is 0 Å². The van der Waals surface area contributed by atoms with E-state index in [0.29, 0.717) is 11.5 Å². The van der Waals surface area contributed by atoms with E-state index in [1.807, 2.05) is 13.0 Å². The van der Waals surface area contributed by atoms with E-state index in [-0.39, 0.29) is 6.61 Å². The first-order valence-corrected chi connectivity index (χ1v) is 3.23. The predicted octanol–water partition coefficient (Wildman–Crippen LogP) is 0.472. The molecule has 0 aromatic rings. The molecule has 0 saturated carbocycles. The molecule has 2 N–H and O–H groups in total. The molecule has 0 aromatic carbocycles. The summed E-state index contributed by atoms with van der Waals surface area (Å²) >= 11 is 4.81. The molecule has 3 heteroatoms. The van der Waals surface area contributed by atoms with Gasteiger partial charge in [0, 0.05) is 6.54 Å². The van der Waals surface area contributed by atoms with Gasteiger partial charge in [-0.3, -0.25) is 0 Å². The van der Waals surface area contributed by atoms with Crippen molar-refractivity contribution in [1.82, 2.24) is 5.32 Å². The summed E-state index contributed by atoms with van der Waals surface area (Å²) in [6.45, 7) is 2.55. The summed E-state index contributed by atoms with van der Waals surface area (Å²) in [7, 11) is 0. The molecule has 0 heterocycles. The van der Waals surface area contributed by atoms with Crippen LogP contribution < -0.4 is 5.32 Å². The first kappa shape index (κ1) is 8.59. The van der Waals surface area contributed by atoms with Crippen molar-refractivity contribution in [1.29, 1.82) is 0 Å². The van der Waals surface area contributed by atoms with Gasteiger partial charge in [-0.05, 0) is 13.0 Å². The molecule has 0 saturated heterocycles. The average molecular weight is 145 g/mol. The number of hydrogen-bond acceptors (Lipinski definition) is 2. The van der Waals surface area contributed by atoms with Gasteiger partial charge >= 0.3 is 0 Å². The van der Waals surface area contributed by atoms with E-state index >= 15 is 0 Å². The Morgan fingerprint density at radius 1 is 1.78 bits per heavy atom. The van der Waals surface area contributed by atoms with Crippen LogP contribution in [0.15, 0.2) is 12.2 Å². The van der Waals surface area contributed by atoms with Crippen molar-refractivity contribution in [3.63, 3.8) is 0 Å². The summed E-state index contributed by atoms with van der Waals surface area (Å²) in [6.07, 6.45) is 3.64. The van der Waals surface area contributed by atoms with E-state index < -0.39 is 0 Å². The SMILES string of the molecule is C/C=C\C(=S)NCCO. The fraction of sp³-hybridized carbons (Fsp3) is 0.500. The van der Waals surface area contributed by atoms with Gasteiger partial charge in [0.1, 0.15) is 0 Å². The van der Waals surface area contributed by atoms with Crippen LogP contribution in [0.3, 0.4) is 0 Å². The van der Waals surface area contributed by atoms with Crippen molar-refractivity contribution in [3.05, 3.63) is 12.2 Å². The zero-order chi connectivity index (χ0) is 7.11. The number of aliphatic hydroxyl groups excluding tert-OH is 1. The largest absolute Gasteiger partial charge is 0.395 e. The van der Waals surface area contributed by atoms with Crippen LogP contribution in [0, 0.1) is 0 Å². The van der Waals surface area contributed by atoms with E-state index in [2.05, 4.69) is 5.32 Å². The minimum atomic E-state index is 0.123. The Bertz CT molecular complexity index is 112. The van der Waals surface area contributed by atoms with E-state index in [1.165, 1.54) is 0 Å². The molecule has 0 bridgehead atoms. The van der Waals surface area contributed by atoms with Gasteiger partial charge in [-0.15, -0.1) is 0 Å². The number of hydrogen-bond donors (Lipinski definition) is 2. The fourth-order valence-corrected chi connectivity index (χ4v) is 0.628. The first-order chi connectivity index (χ1) is 4.31. The van der Waals surface area contributed by atoms with E-state index in [4.69, 9.17) is 17.3 Å². The third kappa shape index (κ3) is 5.46. The molecule has 0 amide bonds. The maximum absolute atomic E-state index is 8.34. The minimum Gasteiger partial charge on any atom is -0.395 e. The summed E-state index contributed by atoms with van der Waals surface area (Å²) in [5, 5.41) is 11.2. The van der Waals surface area contributed by atoms with Crippen molar-refractivity contribution in [2.45, 2.75) is 6.92 Å². The zero-order valence-electron chi connectivity index (χ0n) is 5.42. The Kier molecular flexibility index (Phi) is 5.46. The molecule has 0 radical (unpaired) electrons. The van der Waals surface area contributed by atoms with Crippen LogP contribution in [-0.2, 0) is 0 Å². The summed E-state index contributed by atoms with van der Waals surface area (Å²) < 4.78 is 0. The average Bonchev–Trinajstić information content (AvgIpc) is 1.85. The maximum atomic E-state index is 8.34. The molecule has 0 aliphatic carbocycles. The van der Waals surface area contributed by atoms with Crippen molar-refractivity contribution in [2.24, 2.45) is 0 Å². The lowest BCUT2D eigenvalue weighted by atomic mass is 10.5. The van der Waals surface area contributed by atoms with Gasteiger partial charge in [0.2, 0.25) is 0 Å². The lowest BCUT2D eigenvalue weighted by Crippen LogP contribution is -2.22. The highest BCUT2D eigenvalue weighted by Crippen LogP contribution is 1.74. The van der Waals surface area contributed by atoms with Gasteiger partial charge in [0.25, 0.3) is 0 Å². The number of nitrogens with one attached hydrogen (secondary N) is 1. The van der Waals surface area contributed by atoms with E-state index in [9.17, 15) is 0 Å². The van der Waals surface area contributed by atoms with Gasteiger partial charge < -0.3 is 10.4 Å². The van der Waals surface area contributed by atoms with Gasteiger partial charge in [-0.25, -0.2) is 0 Å². The topological polar surface area (TPSA) is 32.3 Å². The van der Waals surface area contributed by atoms with Gasteiger partial charge in [-0.2, -0.15) is 0 Å². The summed E-state index contributed by atoms with van der Waals surface area (Å²) in [5.41, 5.74) is 0. The molecule has 2 nitrogen and oxygen atoms in total. The molecule has 52 valence electrons. The van der Waals surface area contributed by atoms with Gasteiger partial charge in [-0.1, -0.05) is 18.3 Å². The van der Waals surface area contributed by atoms with Crippen LogP contribution in [0.2, 0.25) is 0 Å². The predicted molar refractivity (Wildman–Crippen MR) is 42.5 cm³/mol. The summed E-state index contributed by atoms with van der Waals surface area (Å²) in [4.78, 5) is 0.673. The minimum absolute atomic E-state index is 0.123. The number of rotatable bonds is 3. The van der Waals surface area contributed by atoms with Gasteiger partial charge in [0.05, 0.1) is 11.6 Å². The van der Waals surface area contributed by atoms with Crippen LogP contribution in [0.1, 0.15) is 6.92 Å². The van der Waals surface area contributed by atoms with Crippen molar-refractivity contribution < 1.29 is 5.11 Å². The van der Waals surface area contributed by atoms with E-state index in [0.717, 1.165) is 0 Å². The highest BCUT2D eigenvalue weighted by molar-refractivity contribution is 7.80. The second kappa shape index (κ2) is 5.72. The maximum Gasteiger partial charge on any atom is 0.0985 e. The molecule has 0 aliphatic heterocycles.